The van der Waals surface area contributed by atoms with Gasteiger partial charge in [0.15, 0.2) is 6.04 Å². The number of aliphatic carboxylic acids is 1. The maximum atomic E-state index is 13.0. The molecule has 6 heteroatoms. The van der Waals surface area contributed by atoms with E-state index < -0.39 is 23.3 Å². The summed E-state index contributed by atoms with van der Waals surface area (Å²) in [5, 5.41) is 18.1. The van der Waals surface area contributed by atoms with Gasteiger partial charge < -0.3 is 14.9 Å². The fourth-order valence-corrected chi connectivity index (χ4v) is 3.58. The third-order valence-corrected chi connectivity index (χ3v) is 4.88. The Morgan fingerprint density at radius 2 is 1.78 bits per heavy atom. The monoisotopic (exact) mass is 366 g/mol. The van der Waals surface area contributed by atoms with E-state index in [2.05, 4.69) is 10.5 Å². The van der Waals surface area contributed by atoms with Crippen molar-refractivity contribution in [3.8, 4) is 0 Å². The maximum absolute atomic E-state index is 13.0. The van der Waals surface area contributed by atoms with Crippen molar-refractivity contribution in [1.82, 2.24) is 10.5 Å². The van der Waals surface area contributed by atoms with Crippen molar-refractivity contribution in [1.29, 1.82) is 0 Å². The Balaban J connectivity index is 2.00. The number of amides is 1. The number of fused-ring (bicyclic) bond motifs is 1. The number of nitrogens with zero attached hydrogens (tertiary/aromatic N) is 1. The molecule has 0 fully saturated rings. The number of carboxylic acid groups (broad SMARTS) is 1. The molecule has 0 saturated carbocycles. The Labute approximate surface area is 157 Å². The van der Waals surface area contributed by atoms with E-state index in [1.165, 1.54) is 0 Å². The predicted molar refractivity (Wildman–Crippen MR) is 101 cm³/mol. The smallest absolute Gasteiger partial charge is 0.330 e. The molecular weight excluding hydrogens is 344 g/mol. The van der Waals surface area contributed by atoms with E-state index in [4.69, 9.17) is 4.52 Å². The largest absolute Gasteiger partial charge is 0.479 e. The van der Waals surface area contributed by atoms with Gasteiger partial charge in [-0.25, -0.2) is 4.79 Å². The molecule has 1 atom stereocenters. The highest BCUT2D eigenvalue weighted by Crippen LogP contribution is 2.31. The Hall–Kier alpha value is -3.15. The third kappa shape index (κ3) is 3.30. The lowest BCUT2D eigenvalue weighted by Crippen LogP contribution is -2.44. The second kappa shape index (κ2) is 6.87. The van der Waals surface area contributed by atoms with Crippen LogP contribution in [0.15, 0.2) is 47.0 Å². The van der Waals surface area contributed by atoms with Crippen LogP contribution in [0.4, 0.5) is 0 Å². The Morgan fingerprint density at radius 3 is 2.41 bits per heavy atom. The van der Waals surface area contributed by atoms with Crippen LogP contribution in [0.25, 0.3) is 10.8 Å². The fourth-order valence-electron chi connectivity index (χ4n) is 3.58. The van der Waals surface area contributed by atoms with Gasteiger partial charge in [0.2, 0.25) is 5.91 Å². The van der Waals surface area contributed by atoms with E-state index in [1.807, 2.05) is 30.3 Å². The number of aromatic nitrogens is 1. The van der Waals surface area contributed by atoms with Crippen molar-refractivity contribution in [2.75, 3.05) is 0 Å². The standard InChI is InChI=1S/C21H22N2O4/c1-12-17(13(2)27-23-12)21(3,4)20(26)22-18(19(24)25)16-11-7-9-14-8-5-6-10-15(14)16/h5-11,18H,1-4H3,(H,22,26)(H,24,25). The second-order valence-corrected chi connectivity index (χ2v) is 7.14. The van der Waals surface area contributed by atoms with E-state index in [0.29, 0.717) is 22.6 Å². The number of carboxylic acids is 1. The summed E-state index contributed by atoms with van der Waals surface area (Å²) in [5.41, 5.74) is 0.835. The number of aryl methyl sites for hydroxylation is 2. The van der Waals surface area contributed by atoms with Crippen LogP contribution in [0.2, 0.25) is 0 Å². The van der Waals surface area contributed by atoms with Crippen molar-refractivity contribution >= 4 is 22.6 Å². The summed E-state index contributed by atoms with van der Waals surface area (Å²) in [6.45, 7) is 6.97. The first-order chi connectivity index (χ1) is 12.7. The lowest BCUT2D eigenvalue weighted by Gasteiger charge is -2.26. The molecule has 1 unspecified atom stereocenters. The molecule has 0 spiro atoms. The summed E-state index contributed by atoms with van der Waals surface area (Å²) in [7, 11) is 0. The highest BCUT2D eigenvalue weighted by molar-refractivity contribution is 5.95. The van der Waals surface area contributed by atoms with Crippen molar-refractivity contribution in [3.63, 3.8) is 0 Å². The third-order valence-electron chi connectivity index (χ3n) is 4.88. The lowest BCUT2D eigenvalue weighted by molar-refractivity contribution is -0.142. The zero-order chi connectivity index (χ0) is 19.8. The Morgan fingerprint density at radius 1 is 1.11 bits per heavy atom. The zero-order valence-corrected chi connectivity index (χ0v) is 15.7. The molecule has 0 aliphatic carbocycles. The molecule has 6 nitrogen and oxygen atoms in total. The minimum Gasteiger partial charge on any atom is -0.479 e. The summed E-state index contributed by atoms with van der Waals surface area (Å²) in [4.78, 5) is 25.0. The molecular formula is C21H22N2O4. The van der Waals surface area contributed by atoms with Crippen LogP contribution in [0.1, 0.15) is 42.5 Å². The van der Waals surface area contributed by atoms with E-state index in [-0.39, 0.29) is 0 Å². The van der Waals surface area contributed by atoms with Gasteiger partial charge in [0.25, 0.3) is 0 Å². The predicted octanol–water partition coefficient (Wildman–Crippen LogP) is 3.66. The molecule has 0 aliphatic rings. The molecule has 1 amide bonds. The van der Waals surface area contributed by atoms with Gasteiger partial charge in [-0.05, 0) is 44.0 Å². The first-order valence-electron chi connectivity index (χ1n) is 8.68. The number of carbonyl (C=O) groups is 2. The molecule has 0 bridgehead atoms. The van der Waals surface area contributed by atoms with Crippen LogP contribution in [-0.4, -0.2) is 22.1 Å². The number of hydrogen-bond acceptors (Lipinski definition) is 4. The van der Waals surface area contributed by atoms with Gasteiger partial charge in [-0.3, -0.25) is 4.79 Å². The number of benzene rings is 2. The molecule has 0 aliphatic heterocycles. The molecule has 1 heterocycles. The van der Waals surface area contributed by atoms with E-state index in [9.17, 15) is 14.7 Å². The quantitative estimate of drug-likeness (QED) is 0.719. The Bertz CT molecular complexity index is 995. The summed E-state index contributed by atoms with van der Waals surface area (Å²) in [6, 6.07) is 11.8. The second-order valence-electron chi connectivity index (χ2n) is 7.14. The average molecular weight is 366 g/mol. The van der Waals surface area contributed by atoms with Crippen molar-refractivity contribution in [2.45, 2.75) is 39.2 Å². The lowest BCUT2D eigenvalue weighted by atomic mass is 9.82. The molecule has 0 saturated heterocycles. The minimum atomic E-state index is -1.16. The summed E-state index contributed by atoms with van der Waals surface area (Å²) < 4.78 is 5.18. The van der Waals surface area contributed by atoms with Gasteiger partial charge in [-0.15, -0.1) is 0 Å². The summed E-state index contributed by atoms with van der Waals surface area (Å²) in [6.07, 6.45) is 0. The maximum Gasteiger partial charge on any atom is 0.330 e. The van der Waals surface area contributed by atoms with Gasteiger partial charge in [-0.2, -0.15) is 0 Å². The molecule has 140 valence electrons. The van der Waals surface area contributed by atoms with Crippen molar-refractivity contribution < 1.29 is 19.2 Å². The van der Waals surface area contributed by atoms with Crippen LogP contribution in [0, 0.1) is 13.8 Å². The zero-order valence-electron chi connectivity index (χ0n) is 15.7. The van der Waals surface area contributed by atoms with Gasteiger partial charge in [0.1, 0.15) is 5.76 Å². The normalized spacial score (nSPS) is 12.7. The average Bonchev–Trinajstić information content (AvgIpc) is 2.97. The molecule has 3 rings (SSSR count). The van der Waals surface area contributed by atoms with Gasteiger partial charge in [0, 0.05) is 5.56 Å². The van der Waals surface area contributed by atoms with Crippen LogP contribution < -0.4 is 5.32 Å². The molecule has 3 aromatic rings. The van der Waals surface area contributed by atoms with Crippen LogP contribution >= 0.6 is 0 Å². The van der Waals surface area contributed by atoms with Crippen LogP contribution in [0.3, 0.4) is 0 Å². The summed E-state index contributed by atoms with van der Waals surface area (Å²) >= 11 is 0. The highest BCUT2D eigenvalue weighted by Gasteiger charge is 2.38. The molecule has 27 heavy (non-hydrogen) atoms. The van der Waals surface area contributed by atoms with Crippen LogP contribution in [0.5, 0.6) is 0 Å². The number of nitrogens with one attached hydrogen (secondary N) is 1. The number of rotatable bonds is 5. The van der Waals surface area contributed by atoms with Crippen LogP contribution in [-0.2, 0) is 15.0 Å². The van der Waals surface area contributed by atoms with Crippen molar-refractivity contribution in [2.24, 2.45) is 0 Å². The molecule has 1 aromatic heterocycles. The Kier molecular flexibility index (Phi) is 4.74. The molecule has 2 aromatic carbocycles. The molecule has 0 radical (unpaired) electrons. The highest BCUT2D eigenvalue weighted by atomic mass is 16.5. The first-order valence-corrected chi connectivity index (χ1v) is 8.68. The fraction of sp³-hybridized carbons (Fsp3) is 0.286. The van der Waals surface area contributed by atoms with Gasteiger partial charge in [-0.1, -0.05) is 47.6 Å². The number of carbonyl (C=O) groups excluding carboxylic acids is 1. The first kappa shape index (κ1) is 18.6. The molecule has 2 N–H and O–H groups in total. The van der Waals surface area contributed by atoms with E-state index >= 15 is 0 Å². The number of hydrogen-bond donors (Lipinski definition) is 2. The van der Waals surface area contributed by atoms with E-state index in [1.54, 1.807) is 39.8 Å². The topological polar surface area (TPSA) is 92.4 Å². The summed E-state index contributed by atoms with van der Waals surface area (Å²) in [5.74, 6) is -0.976. The van der Waals surface area contributed by atoms with Gasteiger partial charge in [0.05, 0.1) is 11.1 Å². The van der Waals surface area contributed by atoms with E-state index in [0.717, 1.165) is 10.8 Å². The minimum absolute atomic E-state index is 0.405. The van der Waals surface area contributed by atoms with Crippen molar-refractivity contribution in [3.05, 3.63) is 65.0 Å². The SMILES string of the molecule is Cc1noc(C)c1C(C)(C)C(=O)NC(C(=O)O)c1cccc2ccccc12. The van der Waals surface area contributed by atoms with Gasteiger partial charge >= 0.3 is 5.97 Å².